The molecule has 1 unspecified atom stereocenters. The van der Waals surface area contributed by atoms with Crippen molar-refractivity contribution in [2.45, 2.75) is 6.10 Å². The van der Waals surface area contributed by atoms with Crippen molar-refractivity contribution in [3.8, 4) is 11.5 Å². The Kier molecular flexibility index (Phi) is 3.66. The third-order valence-electron chi connectivity index (χ3n) is 2.46. The summed E-state index contributed by atoms with van der Waals surface area (Å²) in [6.07, 6.45) is 3.20. The summed E-state index contributed by atoms with van der Waals surface area (Å²) in [5.74, 6) is 1.53. The largest absolute Gasteiger partial charge is 0.454 e. The average Bonchev–Trinajstić information content (AvgIpc) is 2.72. The fourth-order valence-electron chi connectivity index (χ4n) is 1.67. The lowest BCUT2D eigenvalue weighted by atomic mass is 10.1. The van der Waals surface area contributed by atoms with Crippen LogP contribution in [0.4, 0.5) is 0 Å². The SMILES string of the molecule is CN(C)CC(O)/C=C/c1ccc2c(c1)OCO2. The normalized spacial score (nSPS) is 15.8. The molecule has 0 fully saturated rings. The molecular formula is C13H17NO3. The minimum Gasteiger partial charge on any atom is -0.454 e. The lowest BCUT2D eigenvalue weighted by molar-refractivity contribution is 0.174. The van der Waals surface area contributed by atoms with Gasteiger partial charge in [-0.1, -0.05) is 18.2 Å². The van der Waals surface area contributed by atoms with Crippen molar-refractivity contribution in [2.75, 3.05) is 27.4 Å². The minimum absolute atomic E-state index is 0.283. The summed E-state index contributed by atoms with van der Waals surface area (Å²) < 4.78 is 10.5. The van der Waals surface area contributed by atoms with Crippen LogP contribution in [0.5, 0.6) is 11.5 Å². The molecule has 0 aromatic heterocycles. The summed E-state index contributed by atoms with van der Waals surface area (Å²) in [7, 11) is 3.86. The van der Waals surface area contributed by atoms with Gasteiger partial charge in [-0.05, 0) is 31.8 Å². The number of nitrogens with zero attached hydrogens (tertiary/aromatic N) is 1. The van der Waals surface area contributed by atoms with E-state index in [1.807, 2.05) is 43.3 Å². The van der Waals surface area contributed by atoms with Gasteiger partial charge in [-0.15, -0.1) is 0 Å². The first-order valence-corrected chi connectivity index (χ1v) is 5.56. The van der Waals surface area contributed by atoms with Crippen molar-refractivity contribution >= 4 is 6.08 Å². The Morgan fingerprint density at radius 1 is 1.35 bits per heavy atom. The number of rotatable bonds is 4. The van der Waals surface area contributed by atoms with E-state index >= 15 is 0 Å². The Balaban J connectivity index is 2.01. The van der Waals surface area contributed by atoms with Crippen LogP contribution in [0.3, 0.4) is 0 Å². The maximum Gasteiger partial charge on any atom is 0.231 e. The van der Waals surface area contributed by atoms with E-state index in [1.54, 1.807) is 6.08 Å². The van der Waals surface area contributed by atoms with Crippen LogP contribution >= 0.6 is 0 Å². The summed E-state index contributed by atoms with van der Waals surface area (Å²) in [5.41, 5.74) is 0.993. The van der Waals surface area contributed by atoms with Crippen molar-refractivity contribution < 1.29 is 14.6 Å². The highest BCUT2D eigenvalue weighted by Gasteiger charge is 2.12. The molecule has 1 aliphatic rings. The van der Waals surface area contributed by atoms with Crippen molar-refractivity contribution in [1.29, 1.82) is 0 Å². The van der Waals surface area contributed by atoms with Gasteiger partial charge in [0.2, 0.25) is 6.79 Å². The standard InChI is InChI=1S/C13H17NO3/c1-14(2)8-11(15)5-3-10-4-6-12-13(7-10)17-9-16-12/h3-7,11,15H,8-9H2,1-2H3/b5-3+. The summed E-state index contributed by atoms with van der Waals surface area (Å²) in [4.78, 5) is 1.94. The Morgan fingerprint density at radius 2 is 2.12 bits per heavy atom. The first-order valence-electron chi connectivity index (χ1n) is 5.56. The van der Waals surface area contributed by atoms with Crippen LogP contribution in [0.1, 0.15) is 5.56 Å². The second-order valence-corrected chi connectivity index (χ2v) is 4.30. The molecule has 0 amide bonds. The Hall–Kier alpha value is -1.52. The molecule has 17 heavy (non-hydrogen) atoms. The second kappa shape index (κ2) is 5.21. The lowest BCUT2D eigenvalue weighted by Crippen LogP contribution is -2.23. The number of aliphatic hydroxyl groups is 1. The van der Waals surface area contributed by atoms with E-state index in [0.29, 0.717) is 6.54 Å². The maximum absolute atomic E-state index is 9.69. The first-order chi connectivity index (χ1) is 8.15. The van der Waals surface area contributed by atoms with E-state index in [2.05, 4.69) is 0 Å². The van der Waals surface area contributed by atoms with E-state index in [0.717, 1.165) is 17.1 Å². The number of fused-ring (bicyclic) bond motifs is 1. The van der Waals surface area contributed by atoms with Crippen LogP contribution in [0.15, 0.2) is 24.3 Å². The molecule has 1 aromatic carbocycles. The van der Waals surface area contributed by atoms with E-state index < -0.39 is 6.10 Å². The first kappa shape index (κ1) is 12.0. The van der Waals surface area contributed by atoms with Gasteiger partial charge in [0, 0.05) is 6.54 Å². The zero-order valence-electron chi connectivity index (χ0n) is 10.1. The summed E-state index contributed by atoms with van der Waals surface area (Å²) >= 11 is 0. The zero-order chi connectivity index (χ0) is 12.3. The molecule has 0 aliphatic carbocycles. The van der Waals surface area contributed by atoms with Gasteiger partial charge in [0.05, 0.1) is 6.10 Å². The maximum atomic E-state index is 9.69. The highest BCUT2D eigenvalue weighted by atomic mass is 16.7. The van der Waals surface area contributed by atoms with Gasteiger partial charge < -0.3 is 19.5 Å². The molecule has 1 N–H and O–H groups in total. The summed E-state index contributed by atoms with van der Waals surface area (Å²) in [5, 5.41) is 9.69. The second-order valence-electron chi connectivity index (χ2n) is 4.30. The van der Waals surface area contributed by atoms with Crippen LogP contribution in [0, 0.1) is 0 Å². The topological polar surface area (TPSA) is 41.9 Å². The molecule has 1 aromatic rings. The molecule has 1 aliphatic heterocycles. The third kappa shape index (κ3) is 3.22. The predicted octanol–water partition coefficient (Wildman–Crippen LogP) is 1.35. The smallest absolute Gasteiger partial charge is 0.231 e. The van der Waals surface area contributed by atoms with Crippen molar-refractivity contribution in [2.24, 2.45) is 0 Å². The Morgan fingerprint density at radius 3 is 2.88 bits per heavy atom. The number of benzene rings is 1. The fraction of sp³-hybridized carbons (Fsp3) is 0.385. The van der Waals surface area contributed by atoms with Gasteiger partial charge in [-0.2, -0.15) is 0 Å². The number of hydrogen-bond acceptors (Lipinski definition) is 4. The van der Waals surface area contributed by atoms with Crippen molar-refractivity contribution in [3.63, 3.8) is 0 Å². The minimum atomic E-state index is -0.463. The highest BCUT2D eigenvalue weighted by molar-refractivity contribution is 5.56. The van der Waals surface area contributed by atoms with Gasteiger partial charge in [0.1, 0.15) is 0 Å². The van der Waals surface area contributed by atoms with Crippen LogP contribution in [0.2, 0.25) is 0 Å². The fourth-order valence-corrected chi connectivity index (χ4v) is 1.67. The molecule has 92 valence electrons. The third-order valence-corrected chi connectivity index (χ3v) is 2.46. The molecular weight excluding hydrogens is 218 g/mol. The molecule has 1 atom stereocenters. The van der Waals surface area contributed by atoms with E-state index in [4.69, 9.17) is 9.47 Å². The van der Waals surface area contributed by atoms with Crippen LogP contribution in [-0.2, 0) is 0 Å². The molecule has 0 saturated carbocycles. The molecule has 0 saturated heterocycles. The summed E-state index contributed by atoms with van der Waals surface area (Å²) in [6, 6.07) is 5.72. The molecule has 0 bridgehead atoms. The van der Waals surface area contributed by atoms with Crippen molar-refractivity contribution in [3.05, 3.63) is 29.8 Å². The highest BCUT2D eigenvalue weighted by Crippen LogP contribution is 2.32. The monoisotopic (exact) mass is 235 g/mol. The molecule has 2 rings (SSSR count). The summed E-state index contributed by atoms with van der Waals surface area (Å²) in [6.45, 7) is 0.896. The molecule has 4 heteroatoms. The molecule has 1 heterocycles. The average molecular weight is 235 g/mol. The number of ether oxygens (including phenoxy) is 2. The number of hydrogen-bond donors (Lipinski definition) is 1. The van der Waals surface area contributed by atoms with Crippen LogP contribution in [0.25, 0.3) is 6.08 Å². The number of likely N-dealkylation sites (N-methyl/N-ethyl adjacent to an activating group) is 1. The van der Waals surface area contributed by atoms with Gasteiger partial charge in [0.15, 0.2) is 11.5 Å². The van der Waals surface area contributed by atoms with E-state index in [1.165, 1.54) is 0 Å². The molecule has 4 nitrogen and oxygen atoms in total. The van der Waals surface area contributed by atoms with Gasteiger partial charge >= 0.3 is 0 Å². The zero-order valence-corrected chi connectivity index (χ0v) is 10.1. The Labute approximate surface area is 101 Å². The van der Waals surface area contributed by atoms with Gasteiger partial charge in [-0.3, -0.25) is 0 Å². The number of aliphatic hydroxyl groups excluding tert-OH is 1. The van der Waals surface area contributed by atoms with Crippen molar-refractivity contribution in [1.82, 2.24) is 4.90 Å². The van der Waals surface area contributed by atoms with Crippen LogP contribution < -0.4 is 9.47 Å². The molecule has 0 radical (unpaired) electrons. The van der Waals surface area contributed by atoms with E-state index in [9.17, 15) is 5.11 Å². The predicted molar refractivity (Wildman–Crippen MR) is 66.2 cm³/mol. The molecule has 0 spiro atoms. The lowest BCUT2D eigenvalue weighted by Gasteiger charge is -2.12. The quantitative estimate of drug-likeness (QED) is 0.855. The van der Waals surface area contributed by atoms with Gasteiger partial charge in [0.25, 0.3) is 0 Å². The van der Waals surface area contributed by atoms with Crippen LogP contribution in [-0.4, -0.2) is 43.5 Å². The van der Waals surface area contributed by atoms with E-state index in [-0.39, 0.29) is 6.79 Å². The van der Waals surface area contributed by atoms with Gasteiger partial charge in [-0.25, -0.2) is 0 Å². The Bertz CT molecular complexity index is 415.